The molecule has 0 aliphatic carbocycles. The Morgan fingerprint density at radius 2 is 2.29 bits per heavy atom. The van der Waals surface area contributed by atoms with Gasteiger partial charge in [0.05, 0.1) is 11.6 Å². The van der Waals surface area contributed by atoms with E-state index in [2.05, 4.69) is 18.7 Å². The van der Waals surface area contributed by atoms with Crippen LogP contribution in [0.1, 0.15) is 19.4 Å². The summed E-state index contributed by atoms with van der Waals surface area (Å²) < 4.78 is 11.6. The topological polar surface area (TPSA) is 47.7 Å². The normalized spacial score (nSPS) is 20.0. The van der Waals surface area contributed by atoms with Crippen LogP contribution in [-0.4, -0.2) is 49.9 Å². The predicted octanol–water partition coefficient (Wildman–Crippen LogP) is 2.33. The summed E-state index contributed by atoms with van der Waals surface area (Å²) in [5.74, 6) is 0.711. The second kappa shape index (κ2) is 7.99. The molecule has 1 aromatic carbocycles. The molecular weight excluding hydrogens is 288 g/mol. The van der Waals surface area contributed by atoms with Gasteiger partial charge in [0.1, 0.15) is 18.5 Å². The smallest absolute Gasteiger partial charge is 0.138 e. The standard InChI is InChI=1S/C16H25ClN2O2/c1-12(2)19-7-8-20-14(10-19)11-21-16-4-3-13(5-6-18)9-15(16)17/h3-4,9,12,14H,5-8,10-11,18H2,1-2H3. The third-order valence-corrected chi connectivity index (χ3v) is 4.05. The molecule has 0 bridgehead atoms. The number of halogens is 1. The Labute approximate surface area is 132 Å². The lowest BCUT2D eigenvalue weighted by atomic mass is 10.1. The van der Waals surface area contributed by atoms with Crippen molar-refractivity contribution in [2.45, 2.75) is 32.4 Å². The van der Waals surface area contributed by atoms with E-state index in [-0.39, 0.29) is 6.10 Å². The van der Waals surface area contributed by atoms with E-state index in [0.717, 1.165) is 31.7 Å². The fourth-order valence-electron chi connectivity index (χ4n) is 2.48. The zero-order chi connectivity index (χ0) is 15.2. The van der Waals surface area contributed by atoms with E-state index in [1.165, 1.54) is 0 Å². The van der Waals surface area contributed by atoms with Crippen LogP contribution < -0.4 is 10.5 Å². The average molecular weight is 313 g/mol. The number of nitrogens with two attached hydrogens (primary N) is 1. The van der Waals surface area contributed by atoms with Crippen LogP contribution in [0.15, 0.2) is 18.2 Å². The highest BCUT2D eigenvalue weighted by Crippen LogP contribution is 2.26. The molecule has 1 aliphatic heterocycles. The molecule has 5 heteroatoms. The summed E-state index contributed by atoms with van der Waals surface area (Å²) in [7, 11) is 0. The van der Waals surface area contributed by atoms with Crippen molar-refractivity contribution < 1.29 is 9.47 Å². The van der Waals surface area contributed by atoms with Crippen molar-refractivity contribution in [1.82, 2.24) is 4.90 Å². The number of benzene rings is 1. The summed E-state index contributed by atoms with van der Waals surface area (Å²) in [6, 6.07) is 6.38. The second-order valence-corrected chi connectivity index (χ2v) is 6.10. The molecule has 0 aromatic heterocycles. The van der Waals surface area contributed by atoms with Crippen LogP contribution in [-0.2, 0) is 11.2 Å². The average Bonchev–Trinajstić information content (AvgIpc) is 2.47. The monoisotopic (exact) mass is 312 g/mol. The maximum absolute atomic E-state index is 6.24. The second-order valence-electron chi connectivity index (χ2n) is 5.70. The zero-order valence-electron chi connectivity index (χ0n) is 12.8. The molecule has 0 saturated carbocycles. The Balaban J connectivity index is 1.87. The van der Waals surface area contributed by atoms with Crippen molar-refractivity contribution in [3.8, 4) is 5.75 Å². The fraction of sp³-hybridized carbons (Fsp3) is 0.625. The van der Waals surface area contributed by atoms with Gasteiger partial charge in [-0.1, -0.05) is 17.7 Å². The Hall–Kier alpha value is -0.810. The Morgan fingerprint density at radius 1 is 1.48 bits per heavy atom. The number of nitrogens with zero attached hydrogens (tertiary/aromatic N) is 1. The molecule has 1 saturated heterocycles. The van der Waals surface area contributed by atoms with Gasteiger partial charge < -0.3 is 15.2 Å². The summed E-state index contributed by atoms with van der Waals surface area (Å²) in [5.41, 5.74) is 6.68. The first-order chi connectivity index (χ1) is 10.1. The maximum Gasteiger partial charge on any atom is 0.138 e. The zero-order valence-corrected chi connectivity index (χ0v) is 13.6. The molecule has 118 valence electrons. The van der Waals surface area contributed by atoms with E-state index in [9.17, 15) is 0 Å². The van der Waals surface area contributed by atoms with Gasteiger partial charge in [0.2, 0.25) is 0 Å². The molecular formula is C16H25ClN2O2. The van der Waals surface area contributed by atoms with Gasteiger partial charge >= 0.3 is 0 Å². The molecule has 0 spiro atoms. The van der Waals surface area contributed by atoms with E-state index < -0.39 is 0 Å². The summed E-state index contributed by atoms with van der Waals surface area (Å²) >= 11 is 6.24. The Kier molecular flexibility index (Phi) is 6.30. The molecule has 0 radical (unpaired) electrons. The van der Waals surface area contributed by atoms with Gasteiger partial charge in [-0.05, 0) is 44.5 Å². The highest BCUT2D eigenvalue weighted by atomic mass is 35.5. The number of hydrogen-bond acceptors (Lipinski definition) is 4. The SMILES string of the molecule is CC(C)N1CCOC(COc2ccc(CCN)cc2Cl)C1. The van der Waals surface area contributed by atoms with Gasteiger partial charge in [0.25, 0.3) is 0 Å². The molecule has 0 amide bonds. The van der Waals surface area contributed by atoms with Crippen LogP contribution in [0.5, 0.6) is 5.75 Å². The van der Waals surface area contributed by atoms with Crippen LogP contribution in [0, 0.1) is 0 Å². The Morgan fingerprint density at radius 3 is 2.95 bits per heavy atom. The number of hydrogen-bond donors (Lipinski definition) is 1. The largest absolute Gasteiger partial charge is 0.489 e. The molecule has 1 aromatic rings. The van der Waals surface area contributed by atoms with Crippen molar-refractivity contribution in [1.29, 1.82) is 0 Å². The third kappa shape index (κ3) is 4.85. The van der Waals surface area contributed by atoms with E-state index in [0.29, 0.717) is 30.0 Å². The quantitative estimate of drug-likeness (QED) is 0.876. The summed E-state index contributed by atoms with van der Waals surface area (Å²) in [5, 5.41) is 0.637. The lowest BCUT2D eigenvalue weighted by Gasteiger charge is -2.35. The minimum absolute atomic E-state index is 0.0981. The van der Waals surface area contributed by atoms with Crippen LogP contribution in [0.25, 0.3) is 0 Å². The first-order valence-electron chi connectivity index (χ1n) is 7.57. The molecule has 1 atom stereocenters. The number of ether oxygens (including phenoxy) is 2. The summed E-state index contributed by atoms with van der Waals surface area (Å²) in [6.07, 6.45) is 0.927. The van der Waals surface area contributed by atoms with Crippen molar-refractivity contribution in [3.05, 3.63) is 28.8 Å². The van der Waals surface area contributed by atoms with Crippen molar-refractivity contribution in [2.24, 2.45) is 5.73 Å². The predicted molar refractivity (Wildman–Crippen MR) is 86.2 cm³/mol. The lowest BCUT2D eigenvalue weighted by molar-refractivity contribution is -0.0564. The molecule has 2 rings (SSSR count). The van der Waals surface area contributed by atoms with Crippen LogP contribution in [0.2, 0.25) is 5.02 Å². The summed E-state index contributed by atoms with van der Waals surface area (Å²) in [6.45, 7) is 8.21. The third-order valence-electron chi connectivity index (χ3n) is 3.75. The highest BCUT2D eigenvalue weighted by Gasteiger charge is 2.22. The van der Waals surface area contributed by atoms with Crippen molar-refractivity contribution in [3.63, 3.8) is 0 Å². The lowest BCUT2D eigenvalue weighted by Crippen LogP contribution is -2.47. The highest BCUT2D eigenvalue weighted by molar-refractivity contribution is 6.32. The van der Waals surface area contributed by atoms with Gasteiger partial charge in [0, 0.05) is 19.1 Å². The van der Waals surface area contributed by atoms with E-state index in [1.807, 2.05) is 18.2 Å². The van der Waals surface area contributed by atoms with Gasteiger partial charge in [-0.25, -0.2) is 0 Å². The van der Waals surface area contributed by atoms with Crippen LogP contribution in [0.4, 0.5) is 0 Å². The maximum atomic E-state index is 6.24. The number of rotatable bonds is 6. The molecule has 2 N–H and O–H groups in total. The molecule has 1 heterocycles. The van der Waals surface area contributed by atoms with E-state index in [1.54, 1.807) is 0 Å². The molecule has 1 aliphatic rings. The van der Waals surface area contributed by atoms with Gasteiger partial charge in [-0.3, -0.25) is 4.90 Å². The first kappa shape index (κ1) is 16.6. The van der Waals surface area contributed by atoms with E-state index >= 15 is 0 Å². The minimum Gasteiger partial charge on any atom is -0.489 e. The number of morpholine rings is 1. The Bertz CT molecular complexity index is 454. The van der Waals surface area contributed by atoms with Gasteiger partial charge in [0.15, 0.2) is 0 Å². The fourth-order valence-corrected chi connectivity index (χ4v) is 2.74. The minimum atomic E-state index is 0.0981. The van der Waals surface area contributed by atoms with Crippen LogP contribution in [0.3, 0.4) is 0 Å². The van der Waals surface area contributed by atoms with E-state index in [4.69, 9.17) is 26.8 Å². The van der Waals surface area contributed by atoms with Gasteiger partial charge in [-0.15, -0.1) is 0 Å². The molecule has 21 heavy (non-hydrogen) atoms. The summed E-state index contributed by atoms with van der Waals surface area (Å²) in [4.78, 5) is 2.41. The molecule has 4 nitrogen and oxygen atoms in total. The van der Waals surface area contributed by atoms with Crippen molar-refractivity contribution in [2.75, 3.05) is 32.8 Å². The van der Waals surface area contributed by atoms with Gasteiger partial charge in [-0.2, -0.15) is 0 Å². The first-order valence-corrected chi connectivity index (χ1v) is 7.95. The van der Waals surface area contributed by atoms with Crippen molar-refractivity contribution >= 4 is 11.6 Å². The molecule has 1 fully saturated rings. The molecule has 1 unspecified atom stereocenters. The van der Waals surface area contributed by atoms with Crippen LogP contribution >= 0.6 is 11.6 Å².